The molecule has 0 fully saturated rings. The SMILES string of the molecule is CCC(CC)C(NC)c1cc2ccccc2o1. The van der Waals surface area contributed by atoms with Gasteiger partial charge < -0.3 is 9.73 Å². The van der Waals surface area contributed by atoms with E-state index in [0.717, 1.165) is 11.3 Å². The van der Waals surface area contributed by atoms with E-state index in [9.17, 15) is 0 Å². The molecule has 1 heterocycles. The number of para-hydroxylation sites is 1. The minimum Gasteiger partial charge on any atom is -0.459 e. The molecule has 0 aliphatic rings. The van der Waals surface area contributed by atoms with Gasteiger partial charge in [0.05, 0.1) is 6.04 Å². The molecular weight excluding hydrogens is 210 g/mol. The van der Waals surface area contributed by atoms with E-state index in [4.69, 9.17) is 4.42 Å². The standard InChI is InChI=1S/C15H21NO/c1-4-11(5-2)15(16-3)14-10-12-8-6-7-9-13(12)17-14/h6-11,15-16H,4-5H2,1-3H3. The maximum Gasteiger partial charge on any atom is 0.134 e. The van der Waals surface area contributed by atoms with Crippen molar-refractivity contribution in [1.29, 1.82) is 0 Å². The first-order valence-electron chi connectivity index (χ1n) is 6.45. The van der Waals surface area contributed by atoms with Crippen molar-refractivity contribution in [1.82, 2.24) is 5.32 Å². The summed E-state index contributed by atoms with van der Waals surface area (Å²) in [6.07, 6.45) is 2.33. The van der Waals surface area contributed by atoms with Crippen LogP contribution in [0.25, 0.3) is 11.0 Å². The van der Waals surface area contributed by atoms with Gasteiger partial charge in [-0.25, -0.2) is 0 Å². The Morgan fingerprint density at radius 1 is 1.18 bits per heavy atom. The van der Waals surface area contributed by atoms with Gasteiger partial charge in [0.2, 0.25) is 0 Å². The molecule has 0 aliphatic carbocycles. The Bertz CT molecular complexity index is 437. The summed E-state index contributed by atoms with van der Waals surface area (Å²) in [6.45, 7) is 4.47. The smallest absolute Gasteiger partial charge is 0.134 e. The lowest BCUT2D eigenvalue weighted by Crippen LogP contribution is -2.24. The van der Waals surface area contributed by atoms with Gasteiger partial charge in [0.15, 0.2) is 0 Å². The molecule has 2 aromatic rings. The molecule has 1 aromatic heterocycles. The summed E-state index contributed by atoms with van der Waals surface area (Å²) in [7, 11) is 2.01. The molecule has 0 saturated carbocycles. The van der Waals surface area contributed by atoms with Gasteiger partial charge in [0, 0.05) is 5.39 Å². The van der Waals surface area contributed by atoms with E-state index in [1.165, 1.54) is 18.2 Å². The summed E-state index contributed by atoms with van der Waals surface area (Å²) in [6, 6.07) is 10.7. The van der Waals surface area contributed by atoms with Crippen molar-refractivity contribution in [3.63, 3.8) is 0 Å². The Morgan fingerprint density at radius 3 is 2.47 bits per heavy atom. The summed E-state index contributed by atoms with van der Waals surface area (Å²) >= 11 is 0. The lowest BCUT2D eigenvalue weighted by molar-refractivity contribution is 0.315. The molecule has 17 heavy (non-hydrogen) atoms. The molecule has 2 nitrogen and oxygen atoms in total. The molecule has 0 saturated heterocycles. The van der Waals surface area contributed by atoms with E-state index >= 15 is 0 Å². The Balaban J connectivity index is 2.36. The Labute approximate surface area is 103 Å². The van der Waals surface area contributed by atoms with Gasteiger partial charge in [-0.3, -0.25) is 0 Å². The van der Waals surface area contributed by atoms with Crippen molar-refractivity contribution < 1.29 is 4.42 Å². The van der Waals surface area contributed by atoms with Crippen LogP contribution in [0.3, 0.4) is 0 Å². The van der Waals surface area contributed by atoms with Crippen LogP contribution < -0.4 is 5.32 Å². The number of nitrogens with one attached hydrogen (secondary N) is 1. The van der Waals surface area contributed by atoms with Crippen LogP contribution in [0, 0.1) is 5.92 Å². The van der Waals surface area contributed by atoms with Gasteiger partial charge in [0.25, 0.3) is 0 Å². The maximum atomic E-state index is 5.94. The van der Waals surface area contributed by atoms with Crippen LogP contribution in [-0.2, 0) is 0 Å². The monoisotopic (exact) mass is 231 g/mol. The second kappa shape index (κ2) is 5.37. The zero-order chi connectivity index (χ0) is 12.3. The molecule has 1 aromatic carbocycles. The molecule has 0 spiro atoms. The zero-order valence-corrected chi connectivity index (χ0v) is 10.9. The van der Waals surface area contributed by atoms with E-state index in [0.29, 0.717) is 12.0 Å². The van der Waals surface area contributed by atoms with E-state index in [1.54, 1.807) is 0 Å². The molecule has 1 N–H and O–H groups in total. The largest absolute Gasteiger partial charge is 0.459 e. The Morgan fingerprint density at radius 2 is 1.88 bits per heavy atom. The highest BCUT2D eigenvalue weighted by atomic mass is 16.3. The first-order valence-corrected chi connectivity index (χ1v) is 6.45. The molecule has 2 rings (SSSR count). The van der Waals surface area contributed by atoms with Crippen LogP contribution in [0.1, 0.15) is 38.5 Å². The van der Waals surface area contributed by atoms with Crippen molar-refractivity contribution in [3.8, 4) is 0 Å². The minimum absolute atomic E-state index is 0.317. The van der Waals surface area contributed by atoms with Crippen molar-refractivity contribution in [2.75, 3.05) is 7.05 Å². The number of fused-ring (bicyclic) bond motifs is 1. The minimum atomic E-state index is 0.317. The third-order valence-corrected chi connectivity index (χ3v) is 3.58. The second-order valence-corrected chi connectivity index (χ2v) is 4.53. The summed E-state index contributed by atoms with van der Waals surface area (Å²) in [5, 5.41) is 4.58. The number of benzene rings is 1. The van der Waals surface area contributed by atoms with Gasteiger partial charge in [0.1, 0.15) is 11.3 Å². The third-order valence-electron chi connectivity index (χ3n) is 3.58. The molecule has 0 bridgehead atoms. The number of hydrogen-bond donors (Lipinski definition) is 1. The summed E-state index contributed by atoms with van der Waals surface area (Å²) in [4.78, 5) is 0. The van der Waals surface area contributed by atoms with Crippen LogP contribution in [0.4, 0.5) is 0 Å². The van der Waals surface area contributed by atoms with E-state index in [1.807, 2.05) is 25.2 Å². The Kier molecular flexibility index (Phi) is 3.85. The first-order chi connectivity index (χ1) is 8.30. The molecule has 0 aliphatic heterocycles. The van der Waals surface area contributed by atoms with Gasteiger partial charge >= 0.3 is 0 Å². The highest BCUT2D eigenvalue weighted by Crippen LogP contribution is 2.31. The van der Waals surface area contributed by atoms with Crippen molar-refractivity contribution in [2.45, 2.75) is 32.7 Å². The highest BCUT2D eigenvalue weighted by molar-refractivity contribution is 5.77. The molecule has 1 atom stereocenters. The first kappa shape index (κ1) is 12.2. The van der Waals surface area contributed by atoms with Crippen molar-refractivity contribution in [2.24, 2.45) is 5.92 Å². The molecule has 92 valence electrons. The van der Waals surface area contributed by atoms with Crippen LogP contribution in [0.15, 0.2) is 34.7 Å². The number of rotatable bonds is 5. The summed E-state index contributed by atoms with van der Waals surface area (Å²) < 4.78 is 5.94. The predicted molar refractivity (Wildman–Crippen MR) is 72.1 cm³/mol. The van der Waals surface area contributed by atoms with E-state index in [-0.39, 0.29) is 0 Å². The highest BCUT2D eigenvalue weighted by Gasteiger charge is 2.21. The maximum absolute atomic E-state index is 5.94. The predicted octanol–water partition coefficient (Wildman–Crippen LogP) is 4.13. The van der Waals surface area contributed by atoms with Crippen LogP contribution in [-0.4, -0.2) is 7.05 Å². The van der Waals surface area contributed by atoms with Gasteiger partial charge in [-0.15, -0.1) is 0 Å². The average molecular weight is 231 g/mol. The number of hydrogen-bond acceptors (Lipinski definition) is 2. The fraction of sp³-hybridized carbons (Fsp3) is 0.467. The quantitative estimate of drug-likeness (QED) is 0.837. The summed E-state index contributed by atoms with van der Waals surface area (Å²) in [5.74, 6) is 1.68. The number of furan rings is 1. The summed E-state index contributed by atoms with van der Waals surface area (Å²) in [5.41, 5.74) is 0.980. The average Bonchev–Trinajstić information content (AvgIpc) is 2.78. The lowest BCUT2D eigenvalue weighted by Gasteiger charge is -2.22. The normalized spacial score (nSPS) is 13.4. The molecule has 0 amide bonds. The van der Waals surface area contributed by atoms with Crippen LogP contribution in [0.5, 0.6) is 0 Å². The van der Waals surface area contributed by atoms with Gasteiger partial charge in [-0.2, -0.15) is 0 Å². The van der Waals surface area contributed by atoms with Gasteiger partial charge in [-0.1, -0.05) is 44.9 Å². The van der Waals surface area contributed by atoms with Crippen molar-refractivity contribution >= 4 is 11.0 Å². The second-order valence-electron chi connectivity index (χ2n) is 4.53. The topological polar surface area (TPSA) is 25.2 Å². The lowest BCUT2D eigenvalue weighted by atomic mass is 9.92. The van der Waals surface area contributed by atoms with Crippen LogP contribution >= 0.6 is 0 Å². The zero-order valence-electron chi connectivity index (χ0n) is 10.9. The molecule has 1 unspecified atom stereocenters. The third kappa shape index (κ3) is 2.37. The van der Waals surface area contributed by atoms with Crippen molar-refractivity contribution in [3.05, 3.63) is 36.1 Å². The van der Waals surface area contributed by atoms with E-state index < -0.39 is 0 Å². The molecule has 0 radical (unpaired) electrons. The van der Waals surface area contributed by atoms with Gasteiger partial charge in [-0.05, 0) is 25.1 Å². The van der Waals surface area contributed by atoms with Crippen LogP contribution in [0.2, 0.25) is 0 Å². The molecular formula is C15H21NO. The molecule has 2 heteroatoms. The van der Waals surface area contributed by atoms with E-state index in [2.05, 4.69) is 31.3 Å². The fourth-order valence-electron chi connectivity index (χ4n) is 2.53. The Hall–Kier alpha value is -1.28. The fourth-order valence-corrected chi connectivity index (χ4v) is 2.53.